The van der Waals surface area contributed by atoms with Crippen LogP contribution in [-0.4, -0.2) is 28.3 Å². The number of nitrogens with one attached hydrogen (secondary N) is 1. The monoisotopic (exact) mass is 249 g/mol. The number of benzene rings is 1. The second-order valence-corrected chi connectivity index (χ2v) is 3.23. The lowest BCUT2D eigenvalue weighted by Crippen LogP contribution is -2.05. The highest BCUT2D eigenvalue weighted by Gasteiger charge is 2.19. The third-order valence-electron chi connectivity index (χ3n) is 2.18. The van der Waals surface area contributed by atoms with Gasteiger partial charge in [0.2, 0.25) is 5.52 Å². The van der Waals surface area contributed by atoms with Gasteiger partial charge in [-0.25, -0.2) is 4.63 Å². The zero-order chi connectivity index (χ0) is 13.0. The lowest BCUT2D eigenvalue weighted by Gasteiger charge is -2.03. The van der Waals surface area contributed by atoms with Gasteiger partial charge >= 0.3 is 5.69 Å². The first-order valence-corrected chi connectivity index (χ1v) is 4.88. The first kappa shape index (κ1) is 11.6. The van der Waals surface area contributed by atoms with Crippen LogP contribution in [0.15, 0.2) is 21.9 Å². The number of nitrogens with zero attached hydrogens (tertiary/aromatic N) is 6. The van der Waals surface area contributed by atoms with E-state index in [1.165, 1.54) is 12.1 Å². The molecule has 0 saturated heterocycles. The van der Waals surface area contributed by atoms with Gasteiger partial charge in [-0.15, -0.1) is 0 Å². The summed E-state index contributed by atoms with van der Waals surface area (Å²) >= 11 is 0. The van der Waals surface area contributed by atoms with E-state index in [0.29, 0.717) is 12.2 Å². The Morgan fingerprint density at radius 3 is 3.00 bits per heavy atom. The Hall–Kier alpha value is -2.87. The van der Waals surface area contributed by atoms with Gasteiger partial charge < -0.3 is 5.32 Å². The van der Waals surface area contributed by atoms with Gasteiger partial charge in [0.15, 0.2) is 5.52 Å². The number of aromatic nitrogens is 2. The normalized spacial score (nSPS) is 10.0. The summed E-state index contributed by atoms with van der Waals surface area (Å²) in [4.78, 5) is 12.8. The van der Waals surface area contributed by atoms with Crippen molar-refractivity contribution in [3.63, 3.8) is 0 Å². The smallest absolute Gasteiger partial charge is 0.300 e. The molecule has 10 nitrogen and oxygen atoms in total. The molecule has 0 saturated carbocycles. The third-order valence-corrected chi connectivity index (χ3v) is 2.18. The van der Waals surface area contributed by atoms with E-state index in [-0.39, 0.29) is 23.3 Å². The van der Waals surface area contributed by atoms with E-state index < -0.39 is 4.92 Å². The van der Waals surface area contributed by atoms with E-state index in [2.05, 4.69) is 30.3 Å². The first-order valence-electron chi connectivity index (χ1n) is 4.88. The number of azide groups is 1. The van der Waals surface area contributed by atoms with Crippen LogP contribution < -0.4 is 5.32 Å². The van der Waals surface area contributed by atoms with Crippen LogP contribution in [-0.2, 0) is 0 Å². The largest absolute Gasteiger partial charge is 0.383 e. The molecule has 1 heterocycles. The first-order chi connectivity index (χ1) is 8.74. The Balaban J connectivity index is 2.30. The Kier molecular flexibility index (Phi) is 3.21. The number of non-ortho nitro benzene ring substituents is 1. The summed E-state index contributed by atoms with van der Waals surface area (Å²) < 4.78 is 4.50. The third kappa shape index (κ3) is 2.13. The summed E-state index contributed by atoms with van der Waals surface area (Å²) in [5.74, 6) is 0. The van der Waals surface area contributed by atoms with E-state index in [9.17, 15) is 10.1 Å². The Labute approximate surface area is 99.3 Å². The summed E-state index contributed by atoms with van der Waals surface area (Å²) in [6, 6.07) is 2.81. The van der Waals surface area contributed by atoms with Crippen molar-refractivity contribution in [2.45, 2.75) is 0 Å². The quantitative estimate of drug-likeness (QED) is 0.214. The number of nitro groups is 1. The molecule has 1 aromatic heterocycles. The van der Waals surface area contributed by atoms with Gasteiger partial charge in [-0.2, -0.15) is 0 Å². The topological polar surface area (TPSA) is 143 Å². The van der Waals surface area contributed by atoms with Crippen molar-refractivity contribution in [2.24, 2.45) is 5.11 Å². The molecule has 0 fully saturated rings. The fourth-order valence-corrected chi connectivity index (χ4v) is 1.43. The summed E-state index contributed by atoms with van der Waals surface area (Å²) in [7, 11) is 0. The van der Waals surface area contributed by atoms with Crippen molar-refractivity contribution in [1.29, 1.82) is 0 Å². The summed E-state index contributed by atoms with van der Waals surface area (Å²) in [5, 5.41) is 24.1. The molecule has 10 heteroatoms. The SMILES string of the molecule is [N-]=[N+]=NCCNc1ccc([N+](=O)[O-])c2nonc12. The van der Waals surface area contributed by atoms with Crippen LogP contribution in [0.1, 0.15) is 0 Å². The molecule has 0 aliphatic heterocycles. The van der Waals surface area contributed by atoms with Crippen LogP contribution in [0.4, 0.5) is 11.4 Å². The highest BCUT2D eigenvalue weighted by molar-refractivity contribution is 5.93. The number of hydrogen-bond donors (Lipinski definition) is 1. The molecule has 0 atom stereocenters. The van der Waals surface area contributed by atoms with E-state index in [1.807, 2.05) is 0 Å². The van der Waals surface area contributed by atoms with Crippen molar-refractivity contribution < 1.29 is 9.55 Å². The zero-order valence-corrected chi connectivity index (χ0v) is 8.98. The predicted molar refractivity (Wildman–Crippen MR) is 61.0 cm³/mol. The van der Waals surface area contributed by atoms with Gasteiger partial charge in [-0.05, 0) is 21.9 Å². The number of fused-ring (bicyclic) bond motifs is 1. The summed E-state index contributed by atoms with van der Waals surface area (Å²) in [5.41, 5.74) is 8.82. The van der Waals surface area contributed by atoms with Gasteiger partial charge in [0.25, 0.3) is 0 Å². The molecule has 0 spiro atoms. The number of anilines is 1. The van der Waals surface area contributed by atoms with Crippen LogP contribution in [0, 0.1) is 10.1 Å². The molecule has 1 N–H and O–H groups in total. The van der Waals surface area contributed by atoms with Gasteiger partial charge in [0, 0.05) is 24.1 Å². The van der Waals surface area contributed by atoms with E-state index >= 15 is 0 Å². The van der Waals surface area contributed by atoms with Crippen LogP contribution >= 0.6 is 0 Å². The van der Waals surface area contributed by atoms with Crippen LogP contribution in [0.2, 0.25) is 0 Å². The van der Waals surface area contributed by atoms with Crippen molar-refractivity contribution >= 4 is 22.4 Å². The molecule has 92 valence electrons. The van der Waals surface area contributed by atoms with Gasteiger partial charge in [0.05, 0.1) is 10.6 Å². The molecule has 18 heavy (non-hydrogen) atoms. The number of rotatable bonds is 5. The zero-order valence-electron chi connectivity index (χ0n) is 8.98. The molecule has 2 aromatic rings. The lowest BCUT2D eigenvalue weighted by atomic mass is 10.2. The van der Waals surface area contributed by atoms with Crippen molar-refractivity contribution in [3.8, 4) is 0 Å². The van der Waals surface area contributed by atoms with E-state index in [4.69, 9.17) is 5.53 Å². The maximum absolute atomic E-state index is 10.7. The number of hydrogen-bond acceptors (Lipinski definition) is 7. The Bertz CT molecular complexity index is 631. The minimum absolute atomic E-state index is 0.0776. The molecular weight excluding hydrogens is 242 g/mol. The average Bonchev–Trinajstić information content (AvgIpc) is 2.83. The molecule has 2 rings (SSSR count). The molecule has 0 aliphatic carbocycles. The molecule has 0 aliphatic rings. The molecule has 1 aromatic carbocycles. The molecule has 0 amide bonds. The van der Waals surface area contributed by atoms with E-state index in [0.717, 1.165) is 0 Å². The Morgan fingerprint density at radius 1 is 1.50 bits per heavy atom. The van der Waals surface area contributed by atoms with Crippen LogP contribution in [0.5, 0.6) is 0 Å². The van der Waals surface area contributed by atoms with Gasteiger partial charge in [-0.3, -0.25) is 10.1 Å². The highest BCUT2D eigenvalue weighted by atomic mass is 16.6. The summed E-state index contributed by atoms with van der Waals surface area (Å²) in [6.45, 7) is 0.629. The standard InChI is InChI=1S/C8H7N7O3/c9-14-11-4-3-10-5-1-2-6(15(16)17)8-7(5)12-18-13-8/h1-2,10H,3-4H2. The lowest BCUT2D eigenvalue weighted by molar-refractivity contribution is -0.383. The second-order valence-electron chi connectivity index (χ2n) is 3.23. The summed E-state index contributed by atoms with van der Waals surface area (Å²) in [6.07, 6.45) is 0. The Morgan fingerprint density at radius 2 is 2.28 bits per heavy atom. The van der Waals surface area contributed by atoms with Crippen molar-refractivity contribution in [3.05, 3.63) is 32.7 Å². The highest BCUT2D eigenvalue weighted by Crippen LogP contribution is 2.28. The molecule has 0 radical (unpaired) electrons. The average molecular weight is 249 g/mol. The maximum Gasteiger partial charge on any atom is 0.300 e. The fraction of sp³-hybridized carbons (Fsp3) is 0.250. The van der Waals surface area contributed by atoms with Gasteiger partial charge in [-0.1, -0.05) is 5.11 Å². The minimum atomic E-state index is -0.559. The molecule has 0 bridgehead atoms. The predicted octanol–water partition coefficient (Wildman–Crippen LogP) is 1.85. The van der Waals surface area contributed by atoms with Crippen molar-refractivity contribution in [1.82, 2.24) is 10.3 Å². The van der Waals surface area contributed by atoms with E-state index in [1.54, 1.807) is 0 Å². The van der Waals surface area contributed by atoms with Crippen LogP contribution in [0.3, 0.4) is 0 Å². The fourth-order valence-electron chi connectivity index (χ4n) is 1.43. The van der Waals surface area contributed by atoms with Crippen LogP contribution in [0.25, 0.3) is 21.5 Å². The molecular formula is C8H7N7O3. The second kappa shape index (κ2) is 4.97. The molecule has 0 unspecified atom stereocenters. The van der Waals surface area contributed by atoms with Crippen molar-refractivity contribution in [2.75, 3.05) is 18.4 Å². The minimum Gasteiger partial charge on any atom is -0.383 e. The number of nitro benzene ring substituents is 1. The maximum atomic E-state index is 10.7. The van der Waals surface area contributed by atoms with Gasteiger partial charge in [0.1, 0.15) is 0 Å².